The highest BCUT2D eigenvalue weighted by Crippen LogP contribution is 2.34. The van der Waals surface area contributed by atoms with Crippen LogP contribution in [0.4, 0.5) is 5.69 Å². The number of aryl methyl sites for hydroxylation is 2. The maximum absolute atomic E-state index is 13.6. The second-order valence-electron chi connectivity index (χ2n) is 7.92. The number of fused-ring (bicyclic) bond motifs is 1. The number of amides is 1. The van der Waals surface area contributed by atoms with Crippen LogP contribution in [0.1, 0.15) is 23.0 Å². The van der Waals surface area contributed by atoms with Crippen molar-refractivity contribution in [1.82, 2.24) is 14.8 Å². The van der Waals surface area contributed by atoms with Crippen LogP contribution in [0.3, 0.4) is 0 Å². The molecule has 0 radical (unpaired) electrons. The van der Waals surface area contributed by atoms with Crippen molar-refractivity contribution in [1.29, 1.82) is 0 Å². The first-order valence-corrected chi connectivity index (χ1v) is 12.0. The van der Waals surface area contributed by atoms with E-state index in [2.05, 4.69) is 22.5 Å². The van der Waals surface area contributed by atoms with Gasteiger partial charge in [0.05, 0.1) is 28.2 Å². The van der Waals surface area contributed by atoms with Crippen molar-refractivity contribution in [2.45, 2.75) is 30.2 Å². The fourth-order valence-electron chi connectivity index (χ4n) is 3.90. The van der Waals surface area contributed by atoms with Gasteiger partial charge in [-0.05, 0) is 50.2 Å². The summed E-state index contributed by atoms with van der Waals surface area (Å²) < 4.78 is 1.89. The normalized spacial score (nSPS) is 11.0. The molecular formula is C28H24N4OS. The van der Waals surface area contributed by atoms with Gasteiger partial charge in [0.2, 0.25) is 0 Å². The molecule has 0 unspecified atom stereocenters. The number of hydrogen-bond donors (Lipinski definition) is 1. The molecule has 5 nitrogen and oxygen atoms in total. The van der Waals surface area contributed by atoms with Crippen molar-refractivity contribution < 1.29 is 4.79 Å². The van der Waals surface area contributed by atoms with Crippen LogP contribution in [0.5, 0.6) is 0 Å². The maximum Gasteiger partial charge on any atom is 0.256 e. The molecule has 0 aliphatic carbocycles. The Labute approximate surface area is 202 Å². The van der Waals surface area contributed by atoms with Gasteiger partial charge in [0.15, 0.2) is 0 Å². The first-order chi connectivity index (χ1) is 16.6. The van der Waals surface area contributed by atoms with E-state index < -0.39 is 0 Å². The van der Waals surface area contributed by atoms with E-state index >= 15 is 0 Å². The lowest BCUT2D eigenvalue weighted by molar-refractivity contribution is 0.102. The molecule has 0 atom stereocenters. The summed E-state index contributed by atoms with van der Waals surface area (Å²) in [5.41, 5.74) is 4.71. The second-order valence-corrected chi connectivity index (χ2v) is 9.04. The Bertz CT molecular complexity index is 1480. The van der Waals surface area contributed by atoms with Crippen molar-refractivity contribution in [2.75, 3.05) is 5.32 Å². The number of aromatic nitrogens is 3. The summed E-state index contributed by atoms with van der Waals surface area (Å²) in [4.78, 5) is 20.5. The third-order valence-electron chi connectivity index (χ3n) is 5.61. The minimum absolute atomic E-state index is 0.165. The number of carbonyl (C=O) groups is 1. The van der Waals surface area contributed by atoms with E-state index in [1.807, 2.05) is 97.5 Å². The van der Waals surface area contributed by atoms with Crippen LogP contribution in [-0.4, -0.2) is 20.7 Å². The lowest BCUT2D eigenvalue weighted by Crippen LogP contribution is -2.13. The van der Waals surface area contributed by atoms with Crippen LogP contribution >= 0.6 is 11.8 Å². The van der Waals surface area contributed by atoms with Gasteiger partial charge in [-0.15, -0.1) is 0 Å². The van der Waals surface area contributed by atoms with Gasteiger partial charge in [-0.2, -0.15) is 5.10 Å². The highest BCUT2D eigenvalue weighted by Gasteiger charge is 2.17. The highest BCUT2D eigenvalue weighted by atomic mass is 32.2. The van der Waals surface area contributed by atoms with E-state index in [4.69, 9.17) is 4.98 Å². The van der Waals surface area contributed by atoms with Crippen molar-refractivity contribution >= 4 is 34.3 Å². The first kappa shape index (κ1) is 21.9. The zero-order chi connectivity index (χ0) is 23.5. The van der Waals surface area contributed by atoms with Crippen molar-refractivity contribution in [2.24, 2.45) is 0 Å². The van der Waals surface area contributed by atoms with Crippen molar-refractivity contribution in [3.63, 3.8) is 0 Å². The third kappa shape index (κ3) is 4.45. The van der Waals surface area contributed by atoms with Crippen LogP contribution in [0.25, 0.3) is 22.2 Å². The zero-order valence-corrected chi connectivity index (χ0v) is 19.8. The standard InChI is InChI=1S/C28H24N4OS/c1-3-32-18-23(19(2)31-32)26-17-22(21-13-7-8-14-24(21)29-26)28(33)30-25-15-9-10-16-27(25)34-20-11-5-4-6-12-20/h4-18H,3H2,1-2H3,(H,30,33). The second kappa shape index (κ2) is 9.53. The van der Waals surface area contributed by atoms with Crippen LogP contribution in [0.2, 0.25) is 0 Å². The molecule has 0 saturated carbocycles. The van der Waals surface area contributed by atoms with Crippen molar-refractivity contribution in [3.8, 4) is 11.3 Å². The predicted molar refractivity (Wildman–Crippen MR) is 138 cm³/mol. The summed E-state index contributed by atoms with van der Waals surface area (Å²) in [6.07, 6.45) is 1.99. The molecule has 2 aromatic heterocycles. The molecule has 0 bridgehead atoms. The number of nitrogens with zero attached hydrogens (tertiary/aromatic N) is 3. The van der Waals surface area contributed by atoms with Crippen LogP contribution < -0.4 is 5.32 Å². The summed E-state index contributed by atoms with van der Waals surface area (Å²) in [6.45, 7) is 4.79. The van der Waals surface area contributed by atoms with Gasteiger partial charge in [0.1, 0.15) is 0 Å². The summed E-state index contributed by atoms with van der Waals surface area (Å²) in [5.74, 6) is -0.165. The number of carbonyl (C=O) groups excluding carboxylic acids is 1. The summed E-state index contributed by atoms with van der Waals surface area (Å²) >= 11 is 1.62. The summed E-state index contributed by atoms with van der Waals surface area (Å²) in [6, 6.07) is 27.6. The molecule has 168 valence electrons. The number of para-hydroxylation sites is 2. The van der Waals surface area contributed by atoms with Crippen LogP contribution in [-0.2, 0) is 6.54 Å². The summed E-state index contributed by atoms with van der Waals surface area (Å²) in [7, 11) is 0. The number of hydrogen-bond acceptors (Lipinski definition) is 4. The van der Waals surface area contributed by atoms with Gasteiger partial charge in [-0.3, -0.25) is 9.48 Å². The lowest BCUT2D eigenvalue weighted by Gasteiger charge is -2.13. The lowest BCUT2D eigenvalue weighted by atomic mass is 10.0. The first-order valence-electron chi connectivity index (χ1n) is 11.2. The smallest absolute Gasteiger partial charge is 0.256 e. The Morgan fingerprint density at radius 2 is 1.71 bits per heavy atom. The quantitative estimate of drug-likeness (QED) is 0.299. The molecule has 0 saturated heterocycles. The fourth-order valence-corrected chi connectivity index (χ4v) is 4.82. The van der Waals surface area contributed by atoms with E-state index in [0.29, 0.717) is 5.56 Å². The van der Waals surface area contributed by atoms with Gasteiger partial charge in [0, 0.05) is 33.5 Å². The monoisotopic (exact) mass is 464 g/mol. The molecular weight excluding hydrogens is 440 g/mol. The van der Waals surface area contributed by atoms with Gasteiger partial charge in [-0.1, -0.05) is 60.3 Å². The summed E-state index contributed by atoms with van der Waals surface area (Å²) in [5, 5.41) is 8.51. The molecule has 3 aromatic carbocycles. The Kier molecular flexibility index (Phi) is 6.14. The van der Waals surface area contributed by atoms with Gasteiger partial charge < -0.3 is 5.32 Å². The molecule has 0 aliphatic heterocycles. The number of pyridine rings is 1. The third-order valence-corrected chi connectivity index (χ3v) is 6.70. The van der Waals surface area contributed by atoms with E-state index in [-0.39, 0.29) is 5.91 Å². The minimum atomic E-state index is -0.165. The molecule has 34 heavy (non-hydrogen) atoms. The maximum atomic E-state index is 13.6. The van der Waals surface area contributed by atoms with Crippen LogP contribution in [0.15, 0.2) is 101 Å². The average molecular weight is 465 g/mol. The molecule has 1 N–H and O–H groups in total. The largest absolute Gasteiger partial charge is 0.321 e. The molecule has 5 aromatic rings. The zero-order valence-electron chi connectivity index (χ0n) is 19.0. The molecule has 1 amide bonds. The molecule has 0 fully saturated rings. The molecule has 5 rings (SSSR count). The Balaban J connectivity index is 1.53. The number of rotatable bonds is 6. The molecule has 0 spiro atoms. The SMILES string of the molecule is CCn1cc(-c2cc(C(=O)Nc3ccccc3Sc3ccccc3)c3ccccc3n2)c(C)n1. The Morgan fingerprint density at radius 3 is 2.50 bits per heavy atom. The van der Waals surface area contributed by atoms with E-state index in [9.17, 15) is 4.79 Å². The highest BCUT2D eigenvalue weighted by molar-refractivity contribution is 7.99. The minimum Gasteiger partial charge on any atom is -0.321 e. The predicted octanol–water partition coefficient (Wildman–Crippen LogP) is 6.83. The number of nitrogens with one attached hydrogen (secondary N) is 1. The molecule has 0 aliphatic rings. The number of anilines is 1. The number of benzene rings is 3. The van der Waals surface area contributed by atoms with E-state index in [0.717, 1.165) is 49.9 Å². The topological polar surface area (TPSA) is 59.8 Å². The van der Waals surface area contributed by atoms with Gasteiger partial charge >= 0.3 is 0 Å². The molecule has 2 heterocycles. The van der Waals surface area contributed by atoms with Gasteiger partial charge in [0.25, 0.3) is 5.91 Å². The molecule has 6 heteroatoms. The van der Waals surface area contributed by atoms with Gasteiger partial charge in [-0.25, -0.2) is 4.98 Å². The average Bonchev–Trinajstić information content (AvgIpc) is 3.26. The van der Waals surface area contributed by atoms with E-state index in [1.165, 1.54) is 0 Å². The van der Waals surface area contributed by atoms with Crippen LogP contribution in [0, 0.1) is 6.92 Å². The Hall–Kier alpha value is -3.90. The fraction of sp³-hybridized carbons (Fsp3) is 0.107. The van der Waals surface area contributed by atoms with E-state index in [1.54, 1.807) is 11.8 Å². The van der Waals surface area contributed by atoms with Crippen molar-refractivity contribution in [3.05, 3.63) is 102 Å². The Morgan fingerprint density at radius 1 is 0.971 bits per heavy atom.